The first-order chi connectivity index (χ1) is 5.12. The standard InChI is InChI=1S/C8H15NOS/c1-6-8(10,11)7-2-4-9(6)5-3-7/h6-7,10-11H,2-5H2,1H3. The second kappa shape index (κ2) is 2.38. The van der Waals surface area contributed by atoms with Gasteiger partial charge < -0.3 is 5.11 Å². The second-order valence-corrected chi connectivity index (χ2v) is 4.49. The molecule has 0 aromatic heterocycles. The Morgan fingerprint density at radius 2 is 2.00 bits per heavy atom. The van der Waals surface area contributed by atoms with E-state index in [9.17, 15) is 5.11 Å². The molecule has 3 heterocycles. The van der Waals surface area contributed by atoms with Gasteiger partial charge in [-0.25, -0.2) is 0 Å². The minimum absolute atomic E-state index is 0.235. The molecule has 3 aliphatic rings. The maximum Gasteiger partial charge on any atom is 0.125 e. The molecule has 2 unspecified atom stereocenters. The molecule has 0 amide bonds. The minimum atomic E-state index is -0.726. The topological polar surface area (TPSA) is 23.5 Å². The molecule has 0 saturated carbocycles. The van der Waals surface area contributed by atoms with E-state index >= 15 is 0 Å². The lowest BCUT2D eigenvalue weighted by atomic mass is 9.80. The zero-order valence-electron chi connectivity index (χ0n) is 6.82. The summed E-state index contributed by atoms with van der Waals surface area (Å²) in [5.74, 6) is 0.422. The molecule has 3 fully saturated rings. The van der Waals surface area contributed by atoms with Gasteiger partial charge in [-0.15, -0.1) is 12.6 Å². The molecule has 0 radical (unpaired) electrons. The Morgan fingerprint density at radius 1 is 1.45 bits per heavy atom. The van der Waals surface area contributed by atoms with Crippen molar-refractivity contribution in [3.05, 3.63) is 0 Å². The molecule has 0 aromatic carbocycles. The predicted octanol–water partition coefficient (Wildman–Crippen LogP) is 0.719. The number of aliphatic hydroxyl groups is 1. The Balaban J connectivity index is 2.23. The molecule has 3 saturated heterocycles. The summed E-state index contributed by atoms with van der Waals surface area (Å²) in [7, 11) is 0. The first-order valence-electron chi connectivity index (χ1n) is 4.31. The summed E-state index contributed by atoms with van der Waals surface area (Å²) in [6, 6.07) is 0.235. The Morgan fingerprint density at radius 3 is 2.27 bits per heavy atom. The van der Waals surface area contributed by atoms with E-state index in [1.807, 2.05) is 0 Å². The van der Waals surface area contributed by atoms with E-state index in [-0.39, 0.29) is 6.04 Å². The number of hydrogen-bond acceptors (Lipinski definition) is 3. The summed E-state index contributed by atoms with van der Waals surface area (Å²) in [5, 5.41) is 9.96. The van der Waals surface area contributed by atoms with Gasteiger partial charge in [-0.1, -0.05) is 0 Å². The summed E-state index contributed by atoms with van der Waals surface area (Å²) in [6.45, 7) is 4.36. The van der Waals surface area contributed by atoms with Crippen LogP contribution in [0.1, 0.15) is 19.8 Å². The molecule has 0 aromatic rings. The first kappa shape index (κ1) is 7.90. The van der Waals surface area contributed by atoms with Gasteiger partial charge in [0.25, 0.3) is 0 Å². The zero-order valence-corrected chi connectivity index (χ0v) is 7.72. The van der Waals surface area contributed by atoms with E-state index in [0.29, 0.717) is 5.92 Å². The highest BCUT2D eigenvalue weighted by Gasteiger charge is 2.48. The zero-order chi connectivity index (χ0) is 8.06. The van der Waals surface area contributed by atoms with Crippen LogP contribution >= 0.6 is 12.6 Å². The van der Waals surface area contributed by atoms with Crippen molar-refractivity contribution in [3.63, 3.8) is 0 Å². The smallest absolute Gasteiger partial charge is 0.125 e. The summed E-state index contributed by atoms with van der Waals surface area (Å²) in [5.41, 5.74) is 0. The van der Waals surface area contributed by atoms with Gasteiger partial charge in [-0.05, 0) is 32.9 Å². The van der Waals surface area contributed by atoms with E-state index < -0.39 is 4.93 Å². The van der Waals surface area contributed by atoms with Gasteiger partial charge in [-0.2, -0.15) is 0 Å². The molecule has 1 N–H and O–H groups in total. The molecule has 0 aliphatic carbocycles. The largest absolute Gasteiger partial charge is 0.378 e. The van der Waals surface area contributed by atoms with Gasteiger partial charge in [0.05, 0.1) is 0 Å². The van der Waals surface area contributed by atoms with Crippen LogP contribution < -0.4 is 0 Å². The van der Waals surface area contributed by atoms with Crippen molar-refractivity contribution >= 4 is 12.6 Å². The molecule has 3 aliphatic heterocycles. The summed E-state index contributed by atoms with van der Waals surface area (Å²) >= 11 is 4.33. The molecule has 0 spiro atoms. The summed E-state index contributed by atoms with van der Waals surface area (Å²) in [4.78, 5) is 1.60. The molecular formula is C8H15NOS. The van der Waals surface area contributed by atoms with Crippen LogP contribution in [0.15, 0.2) is 0 Å². The van der Waals surface area contributed by atoms with Gasteiger partial charge in [0, 0.05) is 12.0 Å². The minimum Gasteiger partial charge on any atom is -0.378 e. The summed E-state index contributed by atoms with van der Waals surface area (Å²) in [6.07, 6.45) is 2.23. The maximum absolute atomic E-state index is 9.96. The van der Waals surface area contributed by atoms with Crippen LogP contribution in [-0.2, 0) is 0 Å². The maximum atomic E-state index is 9.96. The van der Waals surface area contributed by atoms with Gasteiger partial charge in [0.1, 0.15) is 4.93 Å². The quantitative estimate of drug-likeness (QED) is 0.416. The molecule has 2 atom stereocenters. The Hall–Kier alpha value is 0.270. The highest BCUT2D eigenvalue weighted by Crippen LogP contribution is 2.42. The van der Waals surface area contributed by atoms with E-state index in [1.54, 1.807) is 0 Å². The fraction of sp³-hybridized carbons (Fsp3) is 1.00. The molecule has 3 heteroatoms. The lowest BCUT2D eigenvalue weighted by molar-refractivity contribution is -0.0873. The fourth-order valence-electron chi connectivity index (χ4n) is 2.32. The van der Waals surface area contributed by atoms with Gasteiger partial charge in [-0.3, -0.25) is 4.90 Å². The average molecular weight is 173 g/mol. The number of hydrogen-bond donors (Lipinski definition) is 2. The van der Waals surface area contributed by atoms with Crippen molar-refractivity contribution in [1.29, 1.82) is 0 Å². The van der Waals surface area contributed by atoms with Crippen molar-refractivity contribution in [2.75, 3.05) is 13.1 Å². The fourth-order valence-corrected chi connectivity index (χ4v) is 2.74. The van der Waals surface area contributed by atoms with Crippen molar-refractivity contribution in [2.45, 2.75) is 30.7 Å². The Bertz CT molecular complexity index is 159. The molecule has 64 valence electrons. The average Bonchev–Trinajstić information content (AvgIpc) is 2.01. The number of thiol groups is 1. The van der Waals surface area contributed by atoms with Gasteiger partial charge in [0.15, 0.2) is 0 Å². The van der Waals surface area contributed by atoms with Crippen molar-refractivity contribution in [1.82, 2.24) is 4.90 Å². The predicted molar refractivity (Wildman–Crippen MR) is 47.7 cm³/mol. The highest BCUT2D eigenvalue weighted by molar-refractivity contribution is 7.81. The van der Waals surface area contributed by atoms with E-state index in [2.05, 4.69) is 24.5 Å². The normalized spacial score (nSPS) is 56.5. The SMILES string of the molecule is CC1N2CCC(CC2)C1(O)S. The third kappa shape index (κ3) is 1.02. The molecule has 3 rings (SSSR count). The van der Waals surface area contributed by atoms with Crippen LogP contribution in [0.2, 0.25) is 0 Å². The summed E-state index contributed by atoms with van der Waals surface area (Å²) < 4.78 is 0. The molecule has 2 bridgehead atoms. The molecule has 2 nitrogen and oxygen atoms in total. The monoisotopic (exact) mass is 173 g/mol. The first-order valence-corrected chi connectivity index (χ1v) is 4.76. The lowest BCUT2D eigenvalue weighted by Gasteiger charge is -2.52. The van der Waals surface area contributed by atoms with E-state index in [4.69, 9.17) is 0 Å². The van der Waals surface area contributed by atoms with Crippen LogP contribution in [0.25, 0.3) is 0 Å². The van der Waals surface area contributed by atoms with Crippen LogP contribution in [0.4, 0.5) is 0 Å². The highest BCUT2D eigenvalue weighted by atomic mass is 32.1. The van der Waals surface area contributed by atoms with Crippen LogP contribution in [-0.4, -0.2) is 34.1 Å². The molecular weight excluding hydrogens is 158 g/mol. The Labute approximate surface area is 73.0 Å². The van der Waals surface area contributed by atoms with E-state index in [0.717, 1.165) is 25.9 Å². The van der Waals surface area contributed by atoms with Crippen LogP contribution in [0.3, 0.4) is 0 Å². The second-order valence-electron chi connectivity index (χ2n) is 3.77. The number of rotatable bonds is 0. The number of fused-ring (bicyclic) bond motifs is 3. The third-order valence-corrected chi connectivity index (χ3v) is 4.03. The molecule has 11 heavy (non-hydrogen) atoms. The lowest BCUT2D eigenvalue weighted by Crippen LogP contribution is -2.61. The van der Waals surface area contributed by atoms with Crippen molar-refractivity contribution in [2.24, 2.45) is 5.92 Å². The van der Waals surface area contributed by atoms with Gasteiger partial charge >= 0.3 is 0 Å². The van der Waals surface area contributed by atoms with E-state index in [1.165, 1.54) is 0 Å². The van der Waals surface area contributed by atoms with Crippen molar-refractivity contribution < 1.29 is 5.11 Å². The third-order valence-electron chi connectivity index (χ3n) is 3.29. The van der Waals surface area contributed by atoms with Gasteiger partial charge in [0.2, 0.25) is 0 Å². The number of nitrogens with zero attached hydrogens (tertiary/aromatic N) is 1. The van der Waals surface area contributed by atoms with Crippen LogP contribution in [0, 0.1) is 5.92 Å². The Kier molecular flexibility index (Phi) is 1.71. The van der Waals surface area contributed by atoms with Crippen LogP contribution in [0.5, 0.6) is 0 Å². The number of piperidine rings is 3. The van der Waals surface area contributed by atoms with Crippen molar-refractivity contribution in [3.8, 4) is 0 Å².